The number of aryl methyl sites for hydroxylation is 1. The molecule has 1 aliphatic rings. The summed E-state index contributed by atoms with van der Waals surface area (Å²) in [6.07, 6.45) is 8.05. The number of aromatic nitrogens is 2. The van der Waals surface area contributed by atoms with Crippen LogP contribution in [0.1, 0.15) is 56.6 Å². The van der Waals surface area contributed by atoms with Crippen LogP contribution in [0.3, 0.4) is 0 Å². The van der Waals surface area contributed by atoms with Crippen molar-refractivity contribution in [2.75, 3.05) is 13.2 Å². The van der Waals surface area contributed by atoms with Crippen LogP contribution >= 0.6 is 24.0 Å². The van der Waals surface area contributed by atoms with E-state index >= 15 is 0 Å². The number of para-hydroxylation sites is 1. The van der Waals surface area contributed by atoms with Crippen molar-refractivity contribution >= 4 is 46.3 Å². The standard InChI is InChI=1S/C30H33N3O4S2/c1-3-4-17-37-24-14-15-25(21(2)18-24)28-22(20-33(31-28)23-11-7-5-8-12-23)19-26-29(36)32(30(38)39-26)16-10-6-9-13-27(34)35/h5,7-8,11-12,14-15,18-20H,3-4,6,9-10,13,16-17H2,1-2H3,(H,34,35). The van der Waals surface area contributed by atoms with Gasteiger partial charge in [-0.1, -0.05) is 61.9 Å². The smallest absolute Gasteiger partial charge is 0.303 e. The summed E-state index contributed by atoms with van der Waals surface area (Å²) in [6, 6.07) is 15.9. The molecule has 4 rings (SSSR count). The Balaban J connectivity index is 1.61. The SMILES string of the molecule is CCCCOc1ccc(-c2nn(-c3ccccc3)cc2C=C2SC(=S)N(CCCCCC(=O)O)C2=O)c(C)c1. The lowest BCUT2D eigenvalue weighted by molar-refractivity contribution is -0.137. The molecule has 2 heterocycles. The van der Waals surface area contributed by atoms with E-state index in [4.69, 9.17) is 27.2 Å². The maximum Gasteiger partial charge on any atom is 0.303 e. The van der Waals surface area contributed by atoms with Crippen molar-refractivity contribution in [2.24, 2.45) is 0 Å². The summed E-state index contributed by atoms with van der Waals surface area (Å²) in [6.45, 7) is 5.34. The maximum atomic E-state index is 13.3. The molecule has 0 radical (unpaired) electrons. The second kappa shape index (κ2) is 13.6. The summed E-state index contributed by atoms with van der Waals surface area (Å²) in [5, 5.41) is 13.8. The van der Waals surface area contributed by atoms with Gasteiger partial charge in [0.25, 0.3) is 5.91 Å². The molecule has 0 saturated carbocycles. The molecule has 1 saturated heterocycles. The van der Waals surface area contributed by atoms with Crippen molar-refractivity contribution in [2.45, 2.75) is 52.4 Å². The number of hydrogen-bond acceptors (Lipinski definition) is 6. The molecule has 0 unspecified atom stereocenters. The Morgan fingerprint density at radius 2 is 1.92 bits per heavy atom. The molecule has 0 atom stereocenters. The van der Waals surface area contributed by atoms with E-state index in [1.807, 2.05) is 72.4 Å². The number of carbonyl (C=O) groups is 2. The monoisotopic (exact) mass is 563 g/mol. The van der Waals surface area contributed by atoms with E-state index in [0.717, 1.165) is 53.1 Å². The number of aliphatic carboxylic acids is 1. The van der Waals surface area contributed by atoms with Crippen LogP contribution < -0.4 is 4.74 Å². The van der Waals surface area contributed by atoms with Crippen LogP contribution in [0.15, 0.2) is 59.6 Å². The average molecular weight is 564 g/mol. The Hall–Kier alpha value is -3.43. The number of nitrogens with zero attached hydrogens (tertiary/aromatic N) is 3. The molecule has 7 nitrogen and oxygen atoms in total. The van der Waals surface area contributed by atoms with Gasteiger partial charge >= 0.3 is 5.97 Å². The number of unbranched alkanes of at least 4 members (excludes halogenated alkanes) is 3. The van der Waals surface area contributed by atoms with Crippen molar-refractivity contribution in [3.05, 3.63) is 70.8 Å². The summed E-state index contributed by atoms with van der Waals surface area (Å²) < 4.78 is 8.24. The molecule has 1 aliphatic heterocycles. The zero-order valence-corrected chi connectivity index (χ0v) is 23.9. The number of thioether (sulfide) groups is 1. The fourth-order valence-corrected chi connectivity index (χ4v) is 5.60. The van der Waals surface area contributed by atoms with Crippen molar-refractivity contribution < 1.29 is 19.4 Å². The number of thiocarbonyl (C=S) groups is 1. The van der Waals surface area contributed by atoms with Crippen molar-refractivity contribution in [3.8, 4) is 22.7 Å². The average Bonchev–Trinajstić information content (AvgIpc) is 3.45. The highest BCUT2D eigenvalue weighted by molar-refractivity contribution is 8.26. The molecule has 0 aliphatic carbocycles. The molecule has 2 aromatic carbocycles. The first-order valence-corrected chi connectivity index (χ1v) is 14.5. The van der Waals surface area contributed by atoms with Gasteiger partial charge in [-0.25, -0.2) is 4.68 Å². The highest BCUT2D eigenvalue weighted by Gasteiger charge is 2.32. The topological polar surface area (TPSA) is 84.7 Å². The van der Waals surface area contributed by atoms with Crippen LogP contribution in [0.5, 0.6) is 5.75 Å². The van der Waals surface area contributed by atoms with Gasteiger partial charge < -0.3 is 9.84 Å². The van der Waals surface area contributed by atoms with E-state index in [-0.39, 0.29) is 12.3 Å². The first-order chi connectivity index (χ1) is 18.9. The van der Waals surface area contributed by atoms with Gasteiger partial charge in [0.05, 0.1) is 17.2 Å². The summed E-state index contributed by atoms with van der Waals surface area (Å²) in [5.74, 6) is -0.0969. The third kappa shape index (κ3) is 7.36. The highest BCUT2D eigenvalue weighted by atomic mass is 32.2. The Morgan fingerprint density at radius 1 is 1.13 bits per heavy atom. The quantitative estimate of drug-likeness (QED) is 0.138. The summed E-state index contributed by atoms with van der Waals surface area (Å²) in [4.78, 5) is 26.2. The molecule has 3 aromatic rings. The number of carboxylic acids is 1. The summed E-state index contributed by atoms with van der Waals surface area (Å²) in [5.41, 5.74) is 4.52. The van der Waals surface area contributed by atoms with Crippen LogP contribution in [-0.4, -0.2) is 49.1 Å². The molecule has 1 fully saturated rings. The van der Waals surface area contributed by atoms with Crippen molar-refractivity contribution in [1.29, 1.82) is 0 Å². The summed E-state index contributed by atoms with van der Waals surface area (Å²) in [7, 11) is 0. The van der Waals surface area contributed by atoms with Gasteiger partial charge in [0.1, 0.15) is 15.8 Å². The fraction of sp³-hybridized carbons (Fsp3) is 0.333. The molecule has 1 N–H and O–H groups in total. The Bertz CT molecular complexity index is 1370. The molecule has 0 bridgehead atoms. The number of hydrogen-bond donors (Lipinski definition) is 1. The van der Waals surface area contributed by atoms with Crippen LogP contribution in [0, 0.1) is 6.92 Å². The second-order valence-corrected chi connectivity index (χ2v) is 11.1. The highest BCUT2D eigenvalue weighted by Crippen LogP contribution is 2.36. The number of benzene rings is 2. The molecule has 204 valence electrons. The van der Waals surface area contributed by atoms with E-state index in [0.29, 0.717) is 35.2 Å². The van der Waals surface area contributed by atoms with Gasteiger partial charge in [-0.3, -0.25) is 14.5 Å². The van der Waals surface area contributed by atoms with E-state index in [9.17, 15) is 9.59 Å². The minimum Gasteiger partial charge on any atom is -0.494 e. The second-order valence-electron chi connectivity index (χ2n) is 9.43. The normalized spacial score (nSPS) is 14.4. The number of ether oxygens (including phenoxy) is 1. The third-order valence-electron chi connectivity index (χ3n) is 6.42. The van der Waals surface area contributed by atoms with E-state index in [1.54, 1.807) is 4.90 Å². The van der Waals surface area contributed by atoms with Crippen molar-refractivity contribution in [3.63, 3.8) is 0 Å². The lowest BCUT2D eigenvalue weighted by Crippen LogP contribution is -2.29. The molecule has 39 heavy (non-hydrogen) atoms. The van der Waals surface area contributed by atoms with Crippen LogP contribution in [0.25, 0.3) is 23.0 Å². The Kier molecular flexibility index (Phi) is 9.95. The van der Waals surface area contributed by atoms with E-state index < -0.39 is 5.97 Å². The lowest BCUT2D eigenvalue weighted by Gasteiger charge is -2.13. The predicted octanol–water partition coefficient (Wildman–Crippen LogP) is 6.87. The largest absolute Gasteiger partial charge is 0.494 e. The zero-order chi connectivity index (χ0) is 27.8. The lowest BCUT2D eigenvalue weighted by atomic mass is 10.0. The maximum absolute atomic E-state index is 13.3. The number of amides is 1. The minimum absolute atomic E-state index is 0.127. The number of rotatable bonds is 13. The zero-order valence-electron chi connectivity index (χ0n) is 22.3. The van der Waals surface area contributed by atoms with Crippen molar-refractivity contribution in [1.82, 2.24) is 14.7 Å². The van der Waals surface area contributed by atoms with Gasteiger partial charge in [0.15, 0.2) is 0 Å². The molecule has 9 heteroatoms. The molecule has 1 aromatic heterocycles. The van der Waals surface area contributed by atoms with Gasteiger partial charge in [-0.05, 0) is 68.2 Å². The molecular formula is C30H33N3O4S2. The van der Waals surface area contributed by atoms with Crippen LogP contribution in [0.4, 0.5) is 0 Å². The fourth-order valence-electron chi connectivity index (χ4n) is 4.30. The first kappa shape index (κ1) is 28.6. The van der Waals surface area contributed by atoms with E-state index in [1.165, 1.54) is 11.8 Å². The first-order valence-electron chi connectivity index (χ1n) is 13.2. The summed E-state index contributed by atoms with van der Waals surface area (Å²) >= 11 is 6.81. The number of carboxylic acid groups (broad SMARTS) is 1. The minimum atomic E-state index is -0.802. The van der Waals surface area contributed by atoms with Gasteiger partial charge in [0.2, 0.25) is 0 Å². The molecule has 0 spiro atoms. The molecule has 1 amide bonds. The predicted molar refractivity (Wildman–Crippen MR) is 160 cm³/mol. The third-order valence-corrected chi connectivity index (χ3v) is 7.79. The van der Waals surface area contributed by atoms with Crippen LogP contribution in [0.2, 0.25) is 0 Å². The Morgan fingerprint density at radius 3 is 2.64 bits per heavy atom. The van der Waals surface area contributed by atoms with E-state index in [2.05, 4.69) is 6.92 Å². The van der Waals surface area contributed by atoms with Gasteiger partial charge in [0, 0.05) is 30.3 Å². The van der Waals surface area contributed by atoms with Crippen LogP contribution in [-0.2, 0) is 9.59 Å². The van der Waals surface area contributed by atoms with Gasteiger partial charge in [-0.15, -0.1) is 0 Å². The number of carbonyl (C=O) groups excluding carboxylic acids is 1. The molecular weight excluding hydrogens is 530 g/mol. The Labute approximate surface area is 238 Å². The van der Waals surface area contributed by atoms with Gasteiger partial charge in [-0.2, -0.15) is 5.10 Å².